The molecule has 0 spiro atoms. The standard InChI is InChI=1S/C13H19N5O3/c1-8(18(6-11(15)19)7-12(16)20)13(21)17-10-4-2-9(14)3-5-10/h2-5,8H,6-7,14H2,1H3,(H2,15,19)(H2,16,20)(H,17,21). The summed E-state index contributed by atoms with van der Waals surface area (Å²) < 4.78 is 0. The molecule has 0 aromatic heterocycles. The van der Waals surface area contributed by atoms with Gasteiger partial charge in [-0.25, -0.2) is 0 Å². The minimum Gasteiger partial charge on any atom is -0.399 e. The van der Waals surface area contributed by atoms with Crippen molar-refractivity contribution in [2.24, 2.45) is 11.5 Å². The fraction of sp³-hybridized carbons (Fsp3) is 0.308. The molecule has 1 aromatic carbocycles. The van der Waals surface area contributed by atoms with Gasteiger partial charge >= 0.3 is 0 Å². The molecule has 1 unspecified atom stereocenters. The van der Waals surface area contributed by atoms with Crippen molar-refractivity contribution >= 4 is 29.1 Å². The van der Waals surface area contributed by atoms with Crippen LogP contribution in [0, 0.1) is 0 Å². The number of primary amides is 2. The van der Waals surface area contributed by atoms with Crippen molar-refractivity contribution < 1.29 is 14.4 Å². The number of nitrogens with one attached hydrogen (secondary N) is 1. The number of anilines is 2. The smallest absolute Gasteiger partial charge is 0.241 e. The van der Waals surface area contributed by atoms with Gasteiger partial charge in [-0.3, -0.25) is 19.3 Å². The highest BCUT2D eigenvalue weighted by Gasteiger charge is 2.24. The van der Waals surface area contributed by atoms with Crippen molar-refractivity contribution in [1.82, 2.24) is 4.90 Å². The number of amides is 3. The first-order chi connectivity index (χ1) is 9.79. The number of nitrogens with two attached hydrogens (primary N) is 3. The Morgan fingerprint density at radius 2 is 1.57 bits per heavy atom. The molecule has 0 heterocycles. The van der Waals surface area contributed by atoms with Crippen LogP contribution < -0.4 is 22.5 Å². The van der Waals surface area contributed by atoms with E-state index in [9.17, 15) is 14.4 Å². The molecule has 7 N–H and O–H groups in total. The van der Waals surface area contributed by atoms with Gasteiger partial charge in [0.05, 0.1) is 19.1 Å². The Morgan fingerprint density at radius 1 is 1.10 bits per heavy atom. The van der Waals surface area contributed by atoms with Crippen molar-refractivity contribution in [1.29, 1.82) is 0 Å². The SMILES string of the molecule is CC(C(=O)Nc1ccc(N)cc1)N(CC(N)=O)CC(N)=O. The zero-order chi connectivity index (χ0) is 16.0. The fourth-order valence-corrected chi connectivity index (χ4v) is 1.71. The third-order valence-electron chi connectivity index (χ3n) is 2.82. The Bertz CT molecular complexity index is 513. The van der Waals surface area contributed by atoms with Gasteiger partial charge in [-0.05, 0) is 31.2 Å². The van der Waals surface area contributed by atoms with Crippen LogP contribution in [0.5, 0.6) is 0 Å². The van der Waals surface area contributed by atoms with E-state index in [1.807, 2.05) is 0 Å². The summed E-state index contributed by atoms with van der Waals surface area (Å²) in [6, 6.07) is 5.83. The molecule has 0 radical (unpaired) electrons. The zero-order valence-corrected chi connectivity index (χ0v) is 11.7. The van der Waals surface area contributed by atoms with E-state index in [1.165, 1.54) is 4.90 Å². The van der Waals surface area contributed by atoms with E-state index in [1.54, 1.807) is 31.2 Å². The minimum absolute atomic E-state index is 0.237. The molecule has 114 valence electrons. The first-order valence-corrected chi connectivity index (χ1v) is 6.26. The van der Waals surface area contributed by atoms with Gasteiger partial charge in [0.2, 0.25) is 17.7 Å². The normalized spacial score (nSPS) is 11.9. The lowest BCUT2D eigenvalue weighted by atomic mass is 10.2. The van der Waals surface area contributed by atoms with Crippen molar-refractivity contribution in [3.63, 3.8) is 0 Å². The monoisotopic (exact) mass is 293 g/mol. The molecule has 0 fully saturated rings. The molecule has 3 amide bonds. The Hall–Kier alpha value is -2.61. The lowest BCUT2D eigenvalue weighted by Crippen LogP contribution is -2.49. The Balaban J connectivity index is 2.74. The van der Waals surface area contributed by atoms with Gasteiger partial charge in [-0.1, -0.05) is 0 Å². The number of carbonyl (C=O) groups is 3. The highest BCUT2D eigenvalue weighted by atomic mass is 16.2. The lowest BCUT2D eigenvalue weighted by Gasteiger charge is -2.25. The molecule has 0 saturated carbocycles. The molecule has 1 rings (SSSR count). The average molecular weight is 293 g/mol. The molecule has 0 aliphatic rings. The van der Waals surface area contributed by atoms with Crippen LogP contribution in [0.25, 0.3) is 0 Å². The number of hydrogen-bond donors (Lipinski definition) is 4. The third kappa shape index (κ3) is 5.49. The van der Waals surface area contributed by atoms with E-state index in [-0.39, 0.29) is 19.0 Å². The van der Waals surface area contributed by atoms with Gasteiger partial charge in [0.1, 0.15) is 0 Å². The summed E-state index contributed by atoms with van der Waals surface area (Å²) in [4.78, 5) is 35.4. The molecule has 8 heteroatoms. The van der Waals surface area contributed by atoms with Gasteiger partial charge in [0, 0.05) is 11.4 Å². The highest BCUT2D eigenvalue weighted by Crippen LogP contribution is 2.11. The van der Waals surface area contributed by atoms with Crippen molar-refractivity contribution in [3.05, 3.63) is 24.3 Å². The van der Waals surface area contributed by atoms with Crippen LogP contribution in [0.3, 0.4) is 0 Å². The second-order valence-electron chi connectivity index (χ2n) is 4.62. The van der Waals surface area contributed by atoms with E-state index < -0.39 is 17.9 Å². The Labute approximate surface area is 122 Å². The minimum atomic E-state index is -0.748. The summed E-state index contributed by atoms with van der Waals surface area (Å²) in [5.41, 5.74) is 16.9. The number of nitrogens with zero attached hydrogens (tertiary/aromatic N) is 1. The summed E-state index contributed by atoms with van der Waals surface area (Å²) in [7, 11) is 0. The molecular weight excluding hydrogens is 274 g/mol. The van der Waals surface area contributed by atoms with E-state index in [2.05, 4.69) is 5.32 Å². The maximum Gasteiger partial charge on any atom is 0.241 e. The molecule has 0 aliphatic carbocycles. The number of rotatable bonds is 7. The first kappa shape index (κ1) is 16.4. The van der Waals surface area contributed by atoms with Crippen LogP contribution in [0.4, 0.5) is 11.4 Å². The number of benzene rings is 1. The summed E-state index contributed by atoms with van der Waals surface area (Å²) in [5.74, 6) is -1.69. The summed E-state index contributed by atoms with van der Waals surface area (Å²) in [5, 5.41) is 2.66. The average Bonchev–Trinajstić information content (AvgIpc) is 2.38. The van der Waals surface area contributed by atoms with Crippen LogP contribution in [0.15, 0.2) is 24.3 Å². The van der Waals surface area contributed by atoms with Crippen molar-refractivity contribution in [3.8, 4) is 0 Å². The van der Waals surface area contributed by atoms with Gasteiger partial charge < -0.3 is 22.5 Å². The molecule has 0 bridgehead atoms. The molecule has 1 aromatic rings. The van der Waals surface area contributed by atoms with E-state index in [0.717, 1.165) is 0 Å². The van der Waals surface area contributed by atoms with E-state index in [0.29, 0.717) is 11.4 Å². The molecule has 1 atom stereocenters. The van der Waals surface area contributed by atoms with Crippen LogP contribution in [0.2, 0.25) is 0 Å². The molecule has 0 saturated heterocycles. The zero-order valence-electron chi connectivity index (χ0n) is 11.7. The van der Waals surface area contributed by atoms with Gasteiger partial charge in [0.15, 0.2) is 0 Å². The topological polar surface area (TPSA) is 145 Å². The van der Waals surface area contributed by atoms with Crippen molar-refractivity contribution in [2.45, 2.75) is 13.0 Å². The third-order valence-corrected chi connectivity index (χ3v) is 2.82. The van der Waals surface area contributed by atoms with Crippen molar-refractivity contribution in [2.75, 3.05) is 24.1 Å². The predicted octanol–water partition coefficient (Wildman–Crippen LogP) is -1.13. The molecule has 0 aliphatic heterocycles. The summed E-state index contributed by atoms with van der Waals surface area (Å²) in [6.07, 6.45) is 0. The van der Waals surface area contributed by atoms with E-state index in [4.69, 9.17) is 17.2 Å². The maximum atomic E-state index is 12.1. The first-order valence-electron chi connectivity index (χ1n) is 6.26. The van der Waals surface area contributed by atoms with Gasteiger partial charge in [0.25, 0.3) is 0 Å². The quantitative estimate of drug-likeness (QED) is 0.470. The number of carbonyl (C=O) groups excluding carboxylic acids is 3. The Kier molecular flexibility index (Phi) is 5.67. The lowest BCUT2D eigenvalue weighted by molar-refractivity contribution is -0.126. The Morgan fingerprint density at radius 3 is 2.00 bits per heavy atom. The number of hydrogen-bond acceptors (Lipinski definition) is 5. The highest BCUT2D eigenvalue weighted by molar-refractivity contribution is 5.95. The van der Waals surface area contributed by atoms with Crippen LogP contribution in [-0.2, 0) is 14.4 Å². The molecule has 21 heavy (non-hydrogen) atoms. The molecule has 8 nitrogen and oxygen atoms in total. The fourth-order valence-electron chi connectivity index (χ4n) is 1.71. The largest absolute Gasteiger partial charge is 0.399 e. The summed E-state index contributed by atoms with van der Waals surface area (Å²) in [6.45, 7) is 1.08. The second-order valence-corrected chi connectivity index (χ2v) is 4.62. The number of nitrogen functional groups attached to an aromatic ring is 1. The predicted molar refractivity (Wildman–Crippen MR) is 78.9 cm³/mol. The maximum absolute atomic E-state index is 12.1. The molecular formula is C13H19N5O3. The second kappa shape index (κ2) is 7.25. The van der Waals surface area contributed by atoms with Crippen LogP contribution in [0.1, 0.15) is 6.92 Å². The van der Waals surface area contributed by atoms with Crippen LogP contribution >= 0.6 is 0 Å². The van der Waals surface area contributed by atoms with Gasteiger partial charge in [-0.15, -0.1) is 0 Å². The van der Waals surface area contributed by atoms with E-state index >= 15 is 0 Å². The van der Waals surface area contributed by atoms with Crippen LogP contribution in [-0.4, -0.2) is 41.8 Å². The van der Waals surface area contributed by atoms with Gasteiger partial charge in [-0.2, -0.15) is 0 Å². The summed E-state index contributed by atoms with van der Waals surface area (Å²) >= 11 is 0.